The van der Waals surface area contributed by atoms with Gasteiger partial charge >= 0.3 is 5.97 Å². The van der Waals surface area contributed by atoms with Crippen molar-refractivity contribution in [1.29, 1.82) is 0 Å². The number of hydrogen-bond donors (Lipinski definition) is 1. The zero-order valence-corrected chi connectivity index (χ0v) is 12.8. The number of halogens is 1. The van der Waals surface area contributed by atoms with Crippen molar-refractivity contribution in [2.45, 2.75) is 26.7 Å². The average Bonchev–Trinajstić information content (AvgIpc) is 2.35. The lowest BCUT2D eigenvalue weighted by atomic mass is 9.88. The lowest BCUT2D eigenvalue weighted by Crippen LogP contribution is -2.24. The SMILES string of the molecule is CC(C)(CCCOc1cccc([N+](=O)[O-])c1Br)C(=O)O. The van der Waals surface area contributed by atoms with Crippen LogP contribution in [0.4, 0.5) is 5.69 Å². The van der Waals surface area contributed by atoms with Crippen LogP contribution < -0.4 is 4.74 Å². The van der Waals surface area contributed by atoms with Gasteiger partial charge in [0.1, 0.15) is 10.2 Å². The van der Waals surface area contributed by atoms with Crippen LogP contribution in [-0.2, 0) is 4.79 Å². The average molecular weight is 346 g/mol. The molecule has 0 amide bonds. The Morgan fingerprint density at radius 1 is 1.50 bits per heavy atom. The lowest BCUT2D eigenvalue weighted by Gasteiger charge is -2.18. The zero-order valence-electron chi connectivity index (χ0n) is 11.3. The molecule has 0 bridgehead atoms. The van der Waals surface area contributed by atoms with Crippen LogP contribution in [-0.4, -0.2) is 22.6 Å². The topological polar surface area (TPSA) is 89.7 Å². The quantitative estimate of drug-likeness (QED) is 0.463. The number of aliphatic carboxylic acids is 1. The molecule has 0 aromatic heterocycles. The Morgan fingerprint density at radius 2 is 2.15 bits per heavy atom. The van der Waals surface area contributed by atoms with Gasteiger partial charge in [0.15, 0.2) is 0 Å². The van der Waals surface area contributed by atoms with Crippen molar-refractivity contribution in [3.05, 3.63) is 32.8 Å². The van der Waals surface area contributed by atoms with Gasteiger partial charge in [0.25, 0.3) is 5.69 Å². The van der Waals surface area contributed by atoms with Gasteiger partial charge in [-0.2, -0.15) is 0 Å². The molecule has 0 aliphatic carbocycles. The number of nitrogens with zero attached hydrogens (tertiary/aromatic N) is 1. The fourth-order valence-electron chi connectivity index (χ4n) is 1.55. The number of ether oxygens (including phenoxy) is 1. The first-order valence-electron chi connectivity index (χ1n) is 6.05. The molecule has 110 valence electrons. The molecule has 0 aliphatic rings. The van der Waals surface area contributed by atoms with Gasteiger partial charge < -0.3 is 9.84 Å². The predicted octanol–water partition coefficient (Wildman–Crippen LogP) is 3.63. The summed E-state index contributed by atoms with van der Waals surface area (Å²) < 4.78 is 5.75. The number of carbonyl (C=O) groups is 1. The first-order chi connectivity index (χ1) is 9.25. The van der Waals surface area contributed by atoms with E-state index in [0.717, 1.165) is 0 Å². The van der Waals surface area contributed by atoms with E-state index in [-0.39, 0.29) is 5.69 Å². The number of benzene rings is 1. The monoisotopic (exact) mass is 345 g/mol. The summed E-state index contributed by atoms with van der Waals surface area (Å²) in [5, 5.41) is 19.7. The van der Waals surface area contributed by atoms with Crippen molar-refractivity contribution >= 4 is 27.6 Å². The van der Waals surface area contributed by atoms with Crippen LogP contribution in [0, 0.1) is 15.5 Å². The molecule has 0 saturated carbocycles. The smallest absolute Gasteiger partial charge is 0.309 e. The molecule has 1 rings (SSSR count). The second-order valence-corrected chi connectivity index (χ2v) is 5.78. The molecule has 0 fully saturated rings. The van der Waals surface area contributed by atoms with E-state index in [0.29, 0.717) is 29.7 Å². The summed E-state index contributed by atoms with van der Waals surface area (Å²) in [4.78, 5) is 21.2. The molecule has 0 heterocycles. The van der Waals surface area contributed by atoms with Crippen molar-refractivity contribution in [3.8, 4) is 5.75 Å². The van der Waals surface area contributed by atoms with E-state index >= 15 is 0 Å². The van der Waals surface area contributed by atoms with Crippen LogP contribution in [0.2, 0.25) is 0 Å². The zero-order chi connectivity index (χ0) is 15.3. The summed E-state index contributed by atoms with van der Waals surface area (Å²) in [6.07, 6.45) is 1.02. The van der Waals surface area contributed by atoms with Crippen LogP contribution in [0.15, 0.2) is 22.7 Å². The normalized spacial score (nSPS) is 11.2. The Labute approximate surface area is 125 Å². The molecule has 0 atom stereocenters. The van der Waals surface area contributed by atoms with Gasteiger partial charge in [-0.05, 0) is 48.7 Å². The Balaban J connectivity index is 2.57. The number of carboxylic acids is 1. The predicted molar refractivity (Wildman–Crippen MR) is 76.9 cm³/mol. The van der Waals surface area contributed by atoms with Gasteiger partial charge in [-0.15, -0.1) is 0 Å². The van der Waals surface area contributed by atoms with Crippen LogP contribution in [0.5, 0.6) is 5.75 Å². The lowest BCUT2D eigenvalue weighted by molar-refractivity contribution is -0.385. The highest BCUT2D eigenvalue weighted by atomic mass is 79.9. The van der Waals surface area contributed by atoms with Gasteiger partial charge in [0, 0.05) is 6.07 Å². The van der Waals surface area contributed by atoms with E-state index in [1.165, 1.54) is 6.07 Å². The number of rotatable bonds is 7. The number of hydrogen-bond acceptors (Lipinski definition) is 4. The maximum atomic E-state index is 10.9. The minimum Gasteiger partial charge on any atom is -0.492 e. The highest BCUT2D eigenvalue weighted by Gasteiger charge is 2.26. The summed E-state index contributed by atoms with van der Waals surface area (Å²) in [7, 11) is 0. The summed E-state index contributed by atoms with van der Waals surface area (Å²) in [5.74, 6) is -0.471. The second-order valence-electron chi connectivity index (χ2n) is 4.99. The summed E-state index contributed by atoms with van der Waals surface area (Å²) in [6.45, 7) is 3.60. The molecule has 6 nitrogen and oxygen atoms in total. The van der Waals surface area contributed by atoms with E-state index in [4.69, 9.17) is 9.84 Å². The highest BCUT2D eigenvalue weighted by Crippen LogP contribution is 2.34. The van der Waals surface area contributed by atoms with E-state index < -0.39 is 16.3 Å². The molecule has 20 heavy (non-hydrogen) atoms. The van der Waals surface area contributed by atoms with Crippen molar-refractivity contribution in [2.24, 2.45) is 5.41 Å². The van der Waals surface area contributed by atoms with E-state index in [2.05, 4.69) is 15.9 Å². The highest BCUT2D eigenvalue weighted by molar-refractivity contribution is 9.10. The maximum Gasteiger partial charge on any atom is 0.309 e. The Hall–Kier alpha value is -1.63. The molecule has 7 heteroatoms. The Kier molecular flexibility index (Phi) is 5.50. The van der Waals surface area contributed by atoms with E-state index in [9.17, 15) is 14.9 Å². The molecule has 0 radical (unpaired) electrons. The molecule has 0 unspecified atom stereocenters. The fraction of sp³-hybridized carbons (Fsp3) is 0.462. The molecule has 0 spiro atoms. The van der Waals surface area contributed by atoms with Crippen LogP contribution in [0.1, 0.15) is 26.7 Å². The fourth-order valence-corrected chi connectivity index (χ4v) is 2.08. The first-order valence-corrected chi connectivity index (χ1v) is 6.84. The molecule has 1 N–H and O–H groups in total. The summed E-state index contributed by atoms with van der Waals surface area (Å²) >= 11 is 3.14. The van der Waals surface area contributed by atoms with Crippen LogP contribution in [0.25, 0.3) is 0 Å². The van der Waals surface area contributed by atoms with Crippen molar-refractivity contribution < 1.29 is 19.6 Å². The molecule has 1 aromatic carbocycles. The standard InChI is InChI=1S/C13H16BrNO5/c1-13(2,12(16)17)7-4-8-20-10-6-3-5-9(11(10)14)15(18)19/h3,5-6H,4,7-8H2,1-2H3,(H,16,17). The van der Waals surface area contributed by atoms with Gasteiger partial charge in [-0.25, -0.2) is 0 Å². The second kappa shape index (κ2) is 6.69. The minimum atomic E-state index is -0.853. The first kappa shape index (κ1) is 16.4. The molecule has 1 aromatic rings. The number of nitro groups is 1. The largest absolute Gasteiger partial charge is 0.492 e. The third kappa shape index (κ3) is 4.19. The summed E-state index contributed by atoms with van der Waals surface area (Å²) in [6, 6.07) is 4.54. The number of nitro benzene ring substituents is 1. The van der Waals surface area contributed by atoms with Gasteiger partial charge in [0.05, 0.1) is 16.9 Å². The van der Waals surface area contributed by atoms with Crippen LogP contribution >= 0.6 is 15.9 Å². The van der Waals surface area contributed by atoms with Crippen molar-refractivity contribution in [2.75, 3.05) is 6.61 Å². The minimum absolute atomic E-state index is 0.0617. The van der Waals surface area contributed by atoms with E-state index in [1.807, 2.05) is 0 Å². The Bertz CT molecular complexity index is 515. The molecule has 0 saturated heterocycles. The molecular weight excluding hydrogens is 330 g/mol. The summed E-state index contributed by atoms with van der Waals surface area (Å²) in [5.41, 5.74) is -0.864. The van der Waals surface area contributed by atoms with Gasteiger partial charge in [-0.1, -0.05) is 6.07 Å². The molecule has 0 aliphatic heterocycles. The van der Waals surface area contributed by atoms with Gasteiger partial charge in [0.2, 0.25) is 0 Å². The van der Waals surface area contributed by atoms with E-state index in [1.54, 1.807) is 26.0 Å². The maximum absolute atomic E-state index is 10.9. The third-order valence-corrected chi connectivity index (χ3v) is 3.72. The third-order valence-electron chi connectivity index (χ3n) is 2.92. The van der Waals surface area contributed by atoms with Crippen LogP contribution in [0.3, 0.4) is 0 Å². The Morgan fingerprint density at radius 3 is 2.70 bits per heavy atom. The van der Waals surface area contributed by atoms with Gasteiger partial charge in [-0.3, -0.25) is 14.9 Å². The van der Waals surface area contributed by atoms with Crippen molar-refractivity contribution in [3.63, 3.8) is 0 Å². The number of carboxylic acid groups (broad SMARTS) is 1. The van der Waals surface area contributed by atoms with Crippen molar-refractivity contribution in [1.82, 2.24) is 0 Å². The molecular formula is C13H16BrNO5.